The van der Waals surface area contributed by atoms with E-state index >= 15 is 0 Å². The predicted molar refractivity (Wildman–Crippen MR) is 156 cm³/mol. The van der Waals surface area contributed by atoms with Gasteiger partial charge in [-0.25, -0.2) is 5.43 Å². The van der Waals surface area contributed by atoms with Gasteiger partial charge in [0.05, 0.1) is 42.3 Å². The van der Waals surface area contributed by atoms with E-state index in [0.29, 0.717) is 34.6 Å². The predicted octanol–water partition coefficient (Wildman–Crippen LogP) is 5.16. The Morgan fingerprint density at radius 1 is 1.15 bits per heavy atom. The topological polar surface area (TPSA) is 73.7 Å². The third kappa shape index (κ3) is 8.01. The molecule has 1 saturated heterocycles. The minimum Gasteiger partial charge on any atom is -0.495 e. The number of thioether (sulfide) groups is 1. The van der Waals surface area contributed by atoms with Gasteiger partial charge in [-0.2, -0.15) is 13.2 Å². The lowest BCUT2D eigenvalue weighted by Crippen LogP contribution is -2.46. The van der Waals surface area contributed by atoms with E-state index in [-0.39, 0.29) is 18.7 Å². The lowest BCUT2D eigenvalue weighted by atomic mass is 10.1. The summed E-state index contributed by atoms with van der Waals surface area (Å²) in [5.74, 6) is 6.59. The first-order valence-corrected chi connectivity index (χ1v) is 14.4. The summed E-state index contributed by atoms with van der Waals surface area (Å²) in [6.07, 6.45) is -0.968. The highest BCUT2D eigenvalue weighted by Gasteiger charge is 2.30. The second-order valence-electron chi connectivity index (χ2n) is 9.88. The van der Waals surface area contributed by atoms with E-state index in [4.69, 9.17) is 4.74 Å². The molecule has 40 heavy (non-hydrogen) atoms. The minimum absolute atomic E-state index is 0.213. The summed E-state index contributed by atoms with van der Waals surface area (Å²) in [4.78, 5) is 3.29. The van der Waals surface area contributed by atoms with Crippen LogP contribution in [0.3, 0.4) is 0 Å². The van der Waals surface area contributed by atoms with Crippen molar-refractivity contribution < 1.29 is 23.0 Å². The molecule has 3 aromatic rings. The van der Waals surface area contributed by atoms with E-state index in [1.165, 1.54) is 4.57 Å². The van der Waals surface area contributed by atoms with Gasteiger partial charge in [0.1, 0.15) is 12.3 Å². The summed E-state index contributed by atoms with van der Waals surface area (Å²) in [5, 5.41) is 13.5. The number of nitrogens with zero attached hydrogens (tertiary/aromatic N) is 2. The van der Waals surface area contributed by atoms with E-state index in [1.807, 2.05) is 30.5 Å². The van der Waals surface area contributed by atoms with Gasteiger partial charge in [0.15, 0.2) is 0 Å². The number of rotatable bonds is 10. The molecule has 0 aliphatic carbocycles. The van der Waals surface area contributed by atoms with E-state index in [2.05, 4.69) is 32.9 Å². The Kier molecular flexibility index (Phi) is 10.1. The summed E-state index contributed by atoms with van der Waals surface area (Å²) in [6.45, 7) is 3.30. The molecule has 7 nitrogen and oxygen atoms in total. The maximum Gasteiger partial charge on any atom is 0.406 e. The van der Waals surface area contributed by atoms with Crippen LogP contribution in [0.15, 0.2) is 47.4 Å². The van der Waals surface area contributed by atoms with Gasteiger partial charge in [-0.3, -0.25) is 0 Å². The molecule has 1 aliphatic heterocycles. The highest BCUT2D eigenvalue weighted by Crippen LogP contribution is 2.31. The van der Waals surface area contributed by atoms with Gasteiger partial charge in [-0.1, -0.05) is 12.0 Å². The van der Waals surface area contributed by atoms with Crippen molar-refractivity contribution in [2.24, 2.45) is 0 Å². The van der Waals surface area contributed by atoms with Crippen LogP contribution in [-0.4, -0.2) is 72.4 Å². The molecule has 11 heteroatoms. The summed E-state index contributed by atoms with van der Waals surface area (Å²) >= 11 is 1.60. The largest absolute Gasteiger partial charge is 0.495 e. The van der Waals surface area contributed by atoms with Crippen molar-refractivity contribution in [1.82, 2.24) is 14.9 Å². The lowest BCUT2D eigenvalue weighted by molar-refractivity contribution is -0.140. The van der Waals surface area contributed by atoms with Crippen LogP contribution in [0.1, 0.15) is 25.5 Å². The van der Waals surface area contributed by atoms with Crippen LogP contribution in [0.2, 0.25) is 0 Å². The molecule has 0 spiro atoms. The monoisotopic (exact) mass is 575 g/mol. The van der Waals surface area contributed by atoms with E-state index in [1.54, 1.807) is 44.0 Å². The molecule has 1 unspecified atom stereocenters. The molecular formula is C29H36F3N5O2S. The molecule has 0 bridgehead atoms. The van der Waals surface area contributed by atoms with Gasteiger partial charge in [0.25, 0.3) is 0 Å². The number of alkyl halides is 3. The average molecular weight is 576 g/mol. The summed E-state index contributed by atoms with van der Waals surface area (Å²) in [5.41, 5.74) is 8.79. The number of fused-ring (bicyclic) bond motifs is 1. The molecule has 0 saturated carbocycles. The van der Waals surface area contributed by atoms with Crippen molar-refractivity contribution in [3.05, 3.63) is 48.2 Å². The second-order valence-corrected chi connectivity index (χ2v) is 10.8. The average Bonchev–Trinajstić information content (AvgIpc) is 3.26. The number of ether oxygens (including phenoxy) is 1. The zero-order chi connectivity index (χ0) is 28.7. The third-order valence-corrected chi connectivity index (χ3v) is 7.52. The maximum absolute atomic E-state index is 13.5. The summed E-state index contributed by atoms with van der Waals surface area (Å²) < 4.78 is 47.3. The fourth-order valence-corrected chi connectivity index (χ4v) is 5.31. The molecular weight excluding hydrogens is 539 g/mol. The van der Waals surface area contributed by atoms with Crippen molar-refractivity contribution in [3.8, 4) is 17.6 Å². The zero-order valence-electron chi connectivity index (χ0n) is 22.9. The number of anilines is 2. The number of piperidine rings is 1. The van der Waals surface area contributed by atoms with Gasteiger partial charge in [0.2, 0.25) is 0 Å². The number of aliphatic hydroxyl groups is 1. The van der Waals surface area contributed by atoms with E-state index in [9.17, 15) is 18.3 Å². The van der Waals surface area contributed by atoms with Gasteiger partial charge < -0.3 is 30.1 Å². The molecule has 216 valence electrons. The number of hydrogen-bond acceptors (Lipinski definition) is 7. The second kappa shape index (κ2) is 13.5. The molecule has 0 amide bonds. The van der Waals surface area contributed by atoms with Crippen LogP contribution in [0.25, 0.3) is 10.9 Å². The number of benzene rings is 2. The highest BCUT2D eigenvalue weighted by atomic mass is 32.2. The molecule has 1 aromatic heterocycles. The van der Waals surface area contributed by atoms with Crippen LogP contribution >= 0.6 is 11.8 Å². The first kappa shape index (κ1) is 29.9. The van der Waals surface area contributed by atoms with Gasteiger partial charge >= 0.3 is 6.18 Å². The Hall–Kier alpha value is -3.04. The first-order chi connectivity index (χ1) is 19.2. The maximum atomic E-state index is 13.5. The van der Waals surface area contributed by atoms with Crippen molar-refractivity contribution in [3.63, 3.8) is 0 Å². The summed E-state index contributed by atoms with van der Waals surface area (Å²) in [7, 11) is 1.59. The Morgan fingerprint density at radius 3 is 2.60 bits per heavy atom. The molecule has 4 N–H and O–H groups in total. The van der Waals surface area contributed by atoms with Crippen LogP contribution in [0.5, 0.6) is 5.75 Å². The number of likely N-dealkylation sites (tertiary alicyclic amines) is 1. The minimum atomic E-state index is -4.39. The fourth-order valence-electron chi connectivity index (χ4n) is 4.88. The molecule has 1 fully saturated rings. The van der Waals surface area contributed by atoms with Crippen molar-refractivity contribution in [2.75, 3.05) is 50.3 Å². The lowest BCUT2D eigenvalue weighted by Gasteiger charge is -2.33. The Labute approximate surface area is 237 Å². The molecule has 2 aromatic carbocycles. The van der Waals surface area contributed by atoms with Crippen LogP contribution in [0, 0.1) is 11.8 Å². The van der Waals surface area contributed by atoms with E-state index in [0.717, 1.165) is 36.5 Å². The van der Waals surface area contributed by atoms with Crippen LogP contribution in [0.4, 0.5) is 24.5 Å². The molecule has 1 atom stereocenters. The molecule has 4 rings (SSSR count). The molecule has 0 radical (unpaired) electrons. The SMILES string of the molecule is COc1cc(SC)ccc1NCC#Cc1cc2c(NNC3CCN(CC(C)O)CC3)cccc2n1CC(F)(F)F. The number of aliphatic hydroxyl groups excluding tert-OH is 1. The number of hydrazine groups is 1. The van der Waals surface area contributed by atoms with Crippen LogP contribution in [-0.2, 0) is 6.54 Å². The highest BCUT2D eigenvalue weighted by molar-refractivity contribution is 7.98. The van der Waals surface area contributed by atoms with Crippen molar-refractivity contribution in [1.29, 1.82) is 0 Å². The van der Waals surface area contributed by atoms with E-state index < -0.39 is 12.7 Å². The van der Waals surface area contributed by atoms with Crippen LogP contribution < -0.4 is 20.9 Å². The van der Waals surface area contributed by atoms with Crippen molar-refractivity contribution >= 4 is 34.0 Å². The summed E-state index contributed by atoms with van der Waals surface area (Å²) in [6, 6.07) is 13.0. The zero-order valence-corrected chi connectivity index (χ0v) is 23.8. The smallest absolute Gasteiger partial charge is 0.406 e. The normalized spacial score (nSPS) is 15.5. The number of hydrogen-bond donors (Lipinski definition) is 4. The van der Waals surface area contributed by atoms with Gasteiger partial charge in [-0.05, 0) is 81.4 Å². The fraction of sp³-hybridized carbons (Fsp3) is 0.448. The Bertz CT molecular complexity index is 1340. The standard InChI is InChI=1S/C29H36F3N5O2S/c1-20(38)18-36-14-11-21(12-15-36)34-35-25-7-4-8-27-24(25)16-22(37(27)19-29(30,31)32)6-5-13-33-26-10-9-23(40-3)17-28(26)39-2/h4,7-10,16-17,20-21,33-35,38H,11-15,18-19H2,1-3H3. The Morgan fingerprint density at radius 2 is 1.93 bits per heavy atom. The molecule has 2 heterocycles. The molecule has 1 aliphatic rings. The number of aromatic nitrogens is 1. The number of methoxy groups -OCH3 is 1. The number of nitrogens with one attached hydrogen (secondary N) is 3. The quantitative estimate of drug-likeness (QED) is 0.151. The third-order valence-electron chi connectivity index (χ3n) is 6.80. The van der Waals surface area contributed by atoms with Gasteiger partial charge in [0, 0.05) is 22.9 Å². The number of β-amino-alcohol motifs (C(OH)–C–C–N with tert-alkyl or cyclic N) is 1. The number of halogens is 3. The first-order valence-electron chi connectivity index (χ1n) is 13.2. The van der Waals surface area contributed by atoms with Gasteiger partial charge in [-0.15, -0.1) is 11.8 Å². The van der Waals surface area contributed by atoms with Crippen molar-refractivity contribution in [2.45, 2.75) is 49.5 Å². The Balaban J connectivity index is 1.49.